The Hall–Kier alpha value is -2.54. The molecular weight excluding hydrogens is 365 g/mol. The molecule has 0 N–H and O–H groups in total. The summed E-state index contributed by atoms with van der Waals surface area (Å²) in [5.74, 6) is -0.448. The lowest BCUT2D eigenvalue weighted by Gasteiger charge is -2.35. The van der Waals surface area contributed by atoms with Crippen LogP contribution in [0.2, 0.25) is 0 Å². The van der Waals surface area contributed by atoms with Gasteiger partial charge in [0.25, 0.3) is 11.5 Å². The standard InChI is InChI=1S/C20H20FN3O2S/c1-4-23-10-22-18-16(19(23)25)12(3)17(27-18)20(26)24-11(2)5-6-13-9-14(21)7-8-15(13)24/h7-11H,4-6H2,1-3H3. The molecule has 1 aromatic carbocycles. The van der Waals surface area contributed by atoms with E-state index in [2.05, 4.69) is 4.98 Å². The summed E-state index contributed by atoms with van der Waals surface area (Å²) in [6, 6.07) is 4.56. The Morgan fingerprint density at radius 3 is 2.93 bits per heavy atom. The van der Waals surface area contributed by atoms with Crippen LogP contribution in [0, 0.1) is 12.7 Å². The monoisotopic (exact) mass is 385 g/mol. The Kier molecular flexibility index (Phi) is 4.34. The van der Waals surface area contributed by atoms with Crippen LogP contribution in [-0.2, 0) is 13.0 Å². The smallest absolute Gasteiger partial charge is 0.268 e. The molecule has 0 bridgehead atoms. The molecule has 140 valence electrons. The fourth-order valence-electron chi connectivity index (χ4n) is 3.73. The van der Waals surface area contributed by atoms with Crippen molar-refractivity contribution in [2.45, 2.75) is 46.2 Å². The number of carbonyl (C=O) groups is 1. The van der Waals surface area contributed by atoms with E-state index in [9.17, 15) is 14.0 Å². The van der Waals surface area contributed by atoms with Crippen LogP contribution in [0.3, 0.4) is 0 Å². The molecule has 27 heavy (non-hydrogen) atoms. The number of amides is 1. The number of hydrogen-bond acceptors (Lipinski definition) is 4. The lowest BCUT2D eigenvalue weighted by molar-refractivity contribution is 0.0978. The van der Waals surface area contributed by atoms with Gasteiger partial charge in [-0.1, -0.05) is 0 Å². The first kappa shape index (κ1) is 17.9. The van der Waals surface area contributed by atoms with E-state index in [1.807, 2.05) is 13.8 Å². The number of hydrogen-bond donors (Lipinski definition) is 0. The zero-order valence-electron chi connectivity index (χ0n) is 15.5. The summed E-state index contributed by atoms with van der Waals surface area (Å²) >= 11 is 1.25. The van der Waals surface area contributed by atoms with Gasteiger partial charge in [-0.2, -0.15) is 0 Å². The van der Waals surface area contributed by atoms with E-state index < -0.39 is 0 Å². The van der Waals surface area contributed by atoms with E-state index in [4.69, 9.17) is 0 Å². The van der Waals surface area contributed by atoms with Gasteiger partial charge in [-0.05, 0) is 62.9 Å². The summed E-state index contributed by atoms with van der Waals surface area (Å²) in [4.78, 5) is 33.3. The first-order chi connectivity index (χ1) is 12.9. The molecule has 1 amide bonds. The average molecular weight is 385 g/mol. The maximum absolute atomic E-state index is 13.6. The van der Waals surface area contributed by atoms with Gasteiger partial charge >= 0.3 is 0 Å². The van der Waals surface area contributed by atoms with E-state index in [0.29, 0.717) is 27.2 Å². The van der Waals surface area contributed by atoms with Crippen LogP contribution in [0.5, 0.6) is 0 Å². The molecule has 3 aromatic rings. The predicted molar refractivity (Wildman–Crippen MR) is 105 cm³/mol. The summed E-state index contributed by atoms with van der Waals surface area (Å²) in [7, 11) is 0. The van der Waals surface area contributed by atoms with Crippen molar-refractivity contribution in [3.63, 3.8) is 0 Å². The first-order valence-corrected chi connectivity index (χ1v) is 9.84. The highest BCUT2D eigenvalue weighted by molar-refractivity contribution is 7.20. The Morgan fingerprint density at radius 2 is 2.19 bits per heavy atom. The average Bonchev–Trinajstić information content (AvgIpc) is 2.99. The zero-order chi connectivity index (χ0) is 19.3. The van der Waals surface area contributed by atoms with Crippen molar-refractivity contribution in [1.29, 1.82) is 0 Å². The summed E-state index contributed by atoms with van der Waals surface area (Å²) in [5, 5.41) is 0.511. The van der Waals surface area contributed by atoms with Crippen molar-refractivity contribution < 1.29 is 9.18 Å². The highest BCUT2D eigenvalue weighted by Crippen LogP contribution is 2.35. The minimum Gasteiger partial charge on any atom is -0.305 e. The number of nitrogens with zero attached hydrogens (tertiary/aromatic N) is 3. The van der Waals surface area contributed by atoms with Crippen LogP contribution >= 0.6 is 11.3 Å². The van der Waals surface area contributed by atoms with Gasteiger partial charge in [-0.25, -0.2) is 9.37 Å². The molecule has 0 spiro atoms. The molecule has 3 heterocycles. The van der Waals surface area contributed by atoms with Crippen LogP contribution in [0.4, 0.5) is 10.1 Å². The third-order valence-electron chi connectivity index (χ3n) is 5.24. The molecule has 0 saturated heterocycles. The molecule has 0 fully saturated rings. The van der Waals surface area contributed by atoms with Crippen LogP contribution in [0.15, 0.2) is 29.3 Å². The second kappa shape index (κ2) is 6.56. The van der Waals surface area contributed by atoms with Crippen LogP contribution < -0.4 is 10.5 Å². The van der Waals surface area contributed by atoms with E-state index >= 15 is 0 Å². The van der Waals surface area contributed by atoms with Crippen LogP contribution in [-0.4, -0.2) is 21.5 Å². The Bertz CT molecular complexity index is 1120. The van der Waals surface area contributed by atoms with Crippen molar-refractivity contribution in [2.24, 2.45) is 0 Å². The number of carbonyl (C=O) groups excluding carboxylic acids is 1. The van der Waals surface area contributed by atoms with Crippen molar-refractivity contribution in [3.05, 3.63) is 56.7 Å². The fourth-order valence-corrected chi connectivity index (χ4v) is 4.80. The Morgan fingerprint density at radius 1 is 1.41 bits per heavy atom. The quantitative estimate of drug-likeness (QED) is 0.672. The molecule has 2 aromatic heterocycles. The third-order valence-corrected chi connectivity index (χ3v) is 6.43. The summed E-state index contributed by atoms with van der Waals surface area (Å²) in [5.41, 5.74) is 2.13. The number of halogens is 1. The van der Waals surface area contributed by atoms with E-state index in [-0.39, 0.29) is 23.3 Å². The van der Waals surface area contributed by atoms with E-state index in [1.54, 1.807) is 17.9 Å². The van der Waals surface area contributed by atoms with Gasteiger partial charge in [0.1, 0.15) is 10.6 Å². The van der Waals surface area contributed by atoms with Gasteiger partial charge < -0.3 is 4.90 Å². The fraction of sp³-hybridized carbons (Fsp3) is 0.350. The van der Waals surface area contributed by atoms with Gasteiger partial charge in [0.05, 0.1) is 16.6 Å². The van der Waals surface area contributed by atoms with Gasteiger partial charge in [0.2, 0.25) is 0 Å². The molecule has 7 heteroatoms. The molecule has 1 unspecified atom stereocenters. The summed E-state index contributed by atoms with van der Waals surface area (Å²) in [6.07, 6.45) is 3.04. The van der Waals surface area contributed by atoms with Crippen molar-refractivity contribution in [3.8, 4) is 0 Å². The van der Waals surface area contributed by atoms with E-state index in [1.165, 1.54) is 34.4 Å². The number of anilines is 1. The predicted octanol–water partition coefficient (Wildman–Crippen LogP) is 3.91. The maximum Gasteiger partial charge on any atom is 0.268 e. The molecule has 4 rings (SSSR count). The zero-order valence-corrected chi connectivity index (χ0v) is 16.3. The highest BCUT2D eigenvalue weighted by Gasteiger charge is 2.32. The lowest BCUT2D eigenvalue weighted by atomic mass is 9.96. The molecule has 1 aliphatic heterocycles. The first-order valence-electron chi connectivity index (χ1n) is 9.03. The molecule has 5 nitrogen and oxygen atoms in total. The molecule has 0 radical (unpaired) electrons. The number of thiophene rings is 1. The van der Waals surface area contributed by atoms with Crippen molar-refractivity contribution >= 4 is 33.1 Å². The summed E-state index contributed by atoms with van der Waals surface area (Å²) in [6.45, 7) is 6.21. The largest absolute Gasteiger partial charge is 0.305 e. The highest BCUT2D eigenvalue weighted by atomic mass is 32.1. The minimum atomic E-state index is -0.293. The molecule has 1 atom stereocenters. The van der Waals surface area contributed by atoms with E-state index in [0.717, 1.165) is 24.1 Å². The lowest BCUT2D eigenvalue weighted by Crippen LogP contribution is -2.42. The van der Waals surface area contributed by atoms with Crippen LogP contribution in [0.25, 0.3) is 10.2 Å². The second-order valence-electron chi connectivity index (χ2n) is 6.91. The molecule has 1 aliphatic rings. The SMILES string of the molecule is CCn1cnc2sc(C(=O)N3c4ccc(F)cc4CCC3C)c(C)c2c1=O. The topological polar surface area (TPSA) is 55.2 Å². The van der Waals surface area contributed by atoms with Gasteiger partial charge in [-0.15, -0.1) is 11.3 Å². The maximum atomic E-state index is 13.6. The minimum absolute atomic E-state index is 0.000308. The normalized spacial score (nSPS) is 16.6. The Balaban J connectivity index is 1.85. The second-order valence-corrected chi connectivity index (χ2v) is 7.91. The number of aromatic nitrogens is 2. The van der Waals surface area contributed by atoms with Crippen molar-refractivity contribution in [1.82, 2.24) is 9.55 Å². The number of benzene rings is 1. The molecule has 0 saturated carbocycles. The van der Waals surface area contributed by atoms with Crippen molar-refractivity contribution in [2.75, 3.05) is 4.90 Å². The van der Waals surface area contributed by atoms with Crippen LogP contribution in [0.1, 0.15) is 41.1 Å². The Labute approximate surface area is 160 Å². The number of aryl methyl sites for hydroxylation is 3. The van der Waals surface area contributed by atoms with Gasteiger partial charge in [0.15, 0.2) is 0 Å². The number of fused-ring (bicyclic) bond motifs is 2. The molecular formula is C20H20FN3O2S. The molecule has 0 aliphatic carbocycles. The van der Waals surface area contributed by atoms with Gasteiger partial charge in [-0.3, -0.25) is 14.2 Å². The van der Waals surface area contributed by atoms with Gasteiger partial charge in [0, 0.05) is 18.3 Å². The third kappa shape index (κ3) is 2.77. The number of rotatable bonds is 2. The summed E-state index contributed by atoms with van der Waals surface area (Å²) < 4.78 is 15.2.